The lowest BCUT2D eigenvalue weighted by molar-refractivity contribution is -0.0752. The summed E-state index contributed by atoms with van der Waals surface area (Å²) in [4.78, 5) is 0. The van der Waals surface area contributed by atoms with Gasteiger partial charge in [-0.15, -0.1) is 0 Å². The van der Waals surface area contributed by atoms with Crippen molar-refractivity contribution in [2.75, 3.05) is 0 Å². The summed E-state index contributed by atoms with van der Waals surface area (Å²) in [6.45, 7) is 0. The van der Waals surface area contributed by atoms with Gasteiger partial charge >= 0.3 is 0 Å². The van der Waals surface area contributed by atoms with Crippen LogP contribution in [0, 0.1) is 23.2 Å². The van der Waals surface area contributed by atoms with Crippen molar-refractivity contribution in [1.29, 1.82) is 0 Å². The van der Waals surface area contributed by atoms with E-state index in [9.17, 15) is 0 Å². The minimum Gasteiger partial charge on any atom is -0.276 e. The van der Waals surface area contributed by atoms with Gasteiger partial charge in [-0.2, -0.15) is 5.10 Å². The van der Waals surface area contributed by atoms with E-state index in [0.29, 0.717) is 11.5 Å². The molecule has 0 saturated heterocycles. The van der Waals surface area contributed by atoms with Crippen molar-refractivity contribution in [2.45, 2.75) is 57.4 Å². The summed E-state index contributed by atoms with van der Waals surface area (Å²) in [6.07, 6.45) is 15.1. The van der Waals surface area contributed by atoms with Gasteiger partial charge in [-0.05, 0) is 80.1 Å². The highest BCUT2D eigenvalue weighted by atomic mass is 15.2. The van der Waals surface area contributed by atoms with E-state index in [1.807, 2.05) is 17.9 Å². The van der Waals surface area contributed by atoms with E-state index < -0.39 is 0 Å². The molecule has 0 aromatic carbocycles. The number of nitrogens with two attached hydrogens (primary N) is 1. The van der Waals surface area contributed by atoms with Crippen LogP contribution in [-0.2, 0) is 13.5 Å². The summed E-state index contributed by atoms with van der Waals surface area (Å²) in [5.41, 5.74) is 5.04. The second-order valence-corrected chi connectivity index (χ2v) is 8.06. The molecule has 1 heterocycles. The minimum absolute atomic E-state index is 0.478. The Morgan fingerprint density at radius 3 is 2.38 bits per heavy atom. The molecule has 4 aliphatic rings. The normalized spacial score (nSPS) is 38.9. The third kappa shape index (κ3) is 2.42. The Morgan fingerprint density at radius 2 is 1.90 bits per heavy atom. The van der Waals surface area contributed by atoms with Gasteiger partial charge in [-0.1, -0.05) is 0 Å². The van der Waals surface area contributed by atoms with Crippen LogP contribution < -0.4 is 11.3 Å². The number of hydrogen-bond acceptors (Lipinski definition) is 3. The number of aromatic nitrogens is 2. The number of nitrogens with one attached hydrogen (secondary N) is 1. The Hall–Kier alpha value is -0.870. The average molecular weight is 288 g/mol. The molecule has 4 nitrogen and oxygen atoms in total. The maximum atomic E-state index is 5.99. The first-order valence-electron chi connectivity index (χ1n) is 8.60. The van der Waals surface area contributed by atoms with Gasteiger partial charge in [0.2, 0.25) is 0 Å². The van der Waals surface area contributed by atoms with Gasteiger partial charge in [0.1, 0.15) is 0 Å². The van der Waals surface area contributed by atoms with Crippen molar-refractivity contribution in [1.82, 2.24) is 15.2 Å². The Kier molecular flexibility index (Phi) is 3.34. The van der Waals surface area contributed by atoms with Crippen molar-refractivity contribution in [3.63, 3.8) is 0 Å². The van der Waals surface area contributed by atoms with Crippen LogP contribution in [0.25, 0.3) is 0 Å². The molecule has 5 rings (SSSR count). The maximum Gasteiger partial charge on any atom is 0.0521 e. The van der Waals surface area contributed by atoms with Crippen molar-refractivity contribution in [3.8, 4) is 0 Å². The SMILES string of the molecule is Cn1cc(CCC(NN)C23CC4CC(CC(C4)C2)C3)cn1. The van der Waals surface area contributed by atoms with Crippen LogP contribution in [0.3, 0.4) is 0 Å². The van der Waals surface area contributed by atoms with Gasteiger partial charge in [0.05, 0.1) is 6.20 Å². The Morgan fingerprint density at radius 1 is 1.29 bits per heavy atom. The van der Waals surface area contributed by atoms with Gasteiger partial charge in [-0.25, -0.2) is 0 Å². The molecule has 0 amide bonds. The zero-order valence-electron chi connectivity index (χ0n) is 13.1. The first-order chi connectivity index (χ1) is 10.2. The molecular weight excluding hydrogens is 260 g/mol. The first-order valence-corrected chi connectivity index (χ1v) is 8.60. The molecule has 1 unspecified atom stereocenters. The molecule has 116 valence electrons. The Labute approximate surface area is 127 Å². The second-order valence-electron chi connectivity index (χ2n) is 8.06. The molecule has 1 aromatic heterocycles. The predicted molar refractivity (Wildman–Crippen MR) is 83.2 cm³/mol. The Bertz CT molecular complexity index is 471. The third-order valence-corrected chi connectivity index (χ3v) is 6.51. The summed E-state index contributed by atoms with van der Waals surface area (Å²) in [7, 11) is 1.99. The van der Waals surface area contributed by atoms with Crippen LogP contribution in [-0.4, -0.2) is 15.8 Å². The van der Waals surface area contributed by atoms with Gasteiger partial charge in [0.25, 0.3) is 0 Å². The van der Waals surface area contributed by atoms with E-state index in [1.165, 1.54) is 44.1 Å². The quantitative estimate of drug-likeness (QED) is 0.646. The van der Waals surface area contributed by atoms with Gasteiger partial charge in [-0.3, -0.25) is 16.0 Å². The molecule has 0 spiro atoms. The molecule has 3 N–H and O–H groups in total. The summed E-state index contributed by atoms with van der Waals surface area (Å²) in [5.74, 6) is 8.97. The molecule has 4 heteroatoms. The minimum atomic E-state index is 0.478. The van der Waals surface area contributed by atoms with Gasteiger partial charge in [0, 0.05) is 19.3 Å². The van der Waals surface area contributed by atoms with E-state index >= 15 is 0 Å². The Balaban J connectivity index is 1.47. The molecule has 0 aliphatic heterocycles. The third-order valence-electron chi connectivity index (χ3n) is 6.51. The van der Waals surface area contributed by atoms with Crippen molar-refractivity contribution in [2.24, 2.45) is 36.1 Å². The van der Waals surface area contributed by atoms with Crippen LogP contribution in [0.5, 0.6) is 0 Å². The van der Waals surface area contributed by atoms with Crippen LogP contribution in [0.4, 0.5) is 0 Å². The monoisotopic (exact) mass is 288 g/mol. The zero-order valence-corrected chi connectivity index (χ0v) is 13.1. The zero-order chi connectivity index (χ0) is 14.4. The number of nitrogens with zero attached hydrogens (tertiary/aromatic N) is 2. The molecule has 21 heavy (non-hydrogen) atoms. The number of hydrogen-bond donors (Lipinski definition) is 2. The van der Waals surface area contributed by atoms with E-state index in [-0.39, 0.29) is 0 Å². The maximum absolute atomic E-state index is 5.99. The molecule has 4 aliphatic carbocycles. The first kappa shape index (κ1) is 13.8. The molecule has 4 saturated carbocycles. The molecule has 0 radical (unpaired) electrons. The molecule has 1 atom stereocenters. The lowest BCUT2D eigenvalue weighted by Gasteiger charge is -2.59. The fourth-order valence-electron chi connectivity index (χ4n) is 6.08. The highest BCUT2D eigenvalue weighted by Gasteiger charge is 2.53. The van der Waals surface area contributed by atoms with Gasteiger partial charge < -0.3 is 0 Å². The lowest BCUT2D eigenvalue weighted by atomic mass is 9.47. The number of hydrazine groups is 1. The molecule has 4 fully saturated rings. The number of rotatable bonds is 5. The van der Waals surface area contributed by atoms with Gasteiger partial charge in [0.15, 0.2) is 0 Å². The van der Waals surface area contributed by atoms with E-state index in [1.54, 1.807) is 0 Å². The van der Waals surface area contributed by atoms with E-state index in [4.69, 9.17) is 5.84 Å². The van der Waals surface area contributed by atoms with Crippen LogP contribution in [0.1, 0.15) is 50.5 Å². The average Bonchev–Trinajstić information content (AvgIpc) is 2.83. The smallest absolute Gasteiger partial charge is 0.0521 e. The van der Waals surface area contributed by atoms with Crippen molar-refractivity contribution in [3.05, 3.63) is 18.0 Å². The number of aryl methyl sites for hydroxylation is 2. The highest BCUT2D eigenvalue weighted by Crippen LogP contribution is 2.61. The molecular formula is C17H28N4. The van der Waals surface area contributed by atoms with E-state index in [2.05, 4.69) is 16.7 Å². The molecule has 1 aromatic rings. The predicted octanol–water partition coefficient (Wildman–Crippen LogP) is 2.40. The summed E-state index contributed by atoms with van der Waals surface area (Å²) in [6, 6.07) is 0.478. The van der Waals surface area contributed by atoms with Crippen molar-refractivity contribution >= 4 is 0 Å². The summed E-state index contributed by atoms with van der Waals surface area (Å²) in [5, 5.41) is 4.28. The van der Waals surface area contributed by atoms with Crippen LogP contribution >= 0.6 is 0 Å². The second kappa shape index (κ2) is 5.10. The van der Waals surface area contributed by atoms with Crippen molar-refractivity contribution < 1.29 is 0 Å². The topological polar surface area (TPSA) is 55.9 Å². The van der Waals surface area contributed by atoms with Crippen LogP contribution in [0.15, 0.2) is 12.4 Å². The summed E-state index contributed by atoms with van der Waals surface area (Å²) >= 11 is 0. The van der Waals surface area contributed by atoms with Crippen LogP contribution in [0.2, 0.25) is 0 Å². The standard InChI is InChI=1S/C17H28N4/c1-21-11-12(10-19-21)2-3-16(20-18)17-7-13-4-14(8-17)6-15(5-13)9-17/h10-11,13-16,20H,2-9,18H2,1H3. The van der Waals surface area contributed by atoms with E-state index in [0.717, 1.165) is 30.6 Å². The lowest BCUT2D eigenvalue weighted by Crippen LogP contribution is -2.57. The fourth-order valence-corrected chi connectivity index (χ4v) is 6.08. The fraction of sp³-hybridized carbons (Fsp3) is 0.824. The highest BCUT2D eigenvalue weighted by molar-refractivity contribution is 5.08. The molecule has 4 bridgehead atoms. The summed E-state index contributed by atoms with van der Waals surface area (Å²) < 4.78 is 1.89. The largest absolute Gasteiger partial charge is 0.276 e.